The second-order valence-electron chi connectivity index (χ2n) is 6.83. The molecular weight excluding hydrogens is 366 g/mol. The molecular formula is C22H21N5O2. The highest BCUT2D eigenvalue weighted by atomic mass is 16.5. The van der Waals surface area contributed by atoms with Gasteiger partial charge in [0.05, 0.1) is 22.9 Å². The molecule has 0 bridgehead atoms. The molecule has 2 aromatic heterocycles. The SMILES string of the molecule is Cc1ccc(Nc2nc3cc(Oc4ccnc(/C=N/O)c4)ccc3n2C)cc1C. The van der Waals surface area contributed by atoms with Crippen LogP contribution in [0.3, 0.4) is 0 Å². The molecule has 7 nitrogen and oxygen atoms in total. The molecule has 0 aliphatic rings. The van der Waals surface area contributed by atoms with Crippen molar-refractivity contribution in [1.29, 1.82) is 0 Å². The number of nitrogens with zero attached hydrogens (tertiary/aromatic N) is 4. The summed E-state index contributed by atoms with van der Waals surface area (Å²) in [5, 5.41) is 15.0. The molecule has 2 N–H and O–H groups in total. The summed E-state index contributed by atoms with van der Waals surface area (Å²) < 4.78 is 7.93. The predicted molar refractivity (Wildman–Crippen MR) is 114 cm³/mol. The molecule has 2 heterocycles. The number of pyridine rings is 1. The Bertz CT molecular complexity index is 1210. The number of rotatable bonds is 5. The van der Waals surface area contributed by atoms with E-state index >= 15 is 0 Å². The lowest BCUT2D eigenvalue weighted by atomic mass is 10.1. The van der Waals surface area contributed by atoms with Gasteiger partial charge in [0.2, 0.25) is 5.95 Å². The van der Waals surface area contributed by atoms with Crippen molar-refractivity contribution in [3.05, 3.63) is 71.5 Å². The molecule has 0 radical (unpaired) electrons. The van der Waals surface area contributed by atoms with Gasteiger partial charge in [-0.15, -0.1) is 0 Å². The molecule has 0 saturated heterocycles. The summed E-state index contributed by atoms with van der Waals surface area (Å²) in [6, 6.07) is 15.4. The van der Waals surface area contributed by atoms with E-state index in [0.29, 0.717) is 17.2 Å². The Labute approximate surface area is 168 Å². The molecule has 0 aliphatic carbocycles. The van der Waals surface area contributed by atoms with Crippen molar-refractivity contribution in [3.8, 4) is 11.5 Å². The number of nitrogens with one attached hydrogen (secondary N) is 1. The summed E-state index contributed by atoms with van der Waals surface area (Å²) in [4.78, 5) is 8.79. The average Bonchev–Trinajstić information content (AvgIpc) is 3.00. The zero-order chi connectivity index (χ0) is 20.4. The number of hydrogen-bond acceptors (Lipinski definition) is 6. The van der Waals surface area contributed by atoms with Gasteiger partial charge in [-0.25, -0.2) is 4.98 Å². The fourth-order valence-electron chi connectivity index (χ4n) is 3.06. The fraction of sp³-hybridized carbons (Fsp3) is 0.136. The van der Waals surface area contributed by atoms with Gasteiger partial charge < -0.3 is 19.8 Å². The smallest absolute Gasteiger partial charge is 0.208 e. The molecule has 0 atom stereocenters. The molecule has 0 spiro atoms. The van der Waals surface area contributed by atoms with E-state index in [1.165, 1.54) is 17.3 Å². The first kappa shape index (κ1) is 18.5. The molecule has 0 unspecified atom stereocenters. The second-order valence-corrected chi connectivity index (χ2v) is 6.83. The number of oxime groups is 1. The van der Waals surface area contributed by atoms with Crippen molar-refractivity contribution in [1.82, 2.24) is 14.5 Å². The maximum absolute atomic E-state index is 8.65. The number of aromatic nitrogens is 3. The Morgan fingerprint density at radius 2 is 1.86 bits per heavy atom. The van der Waals surface area contributed by atoms with Crippen LogP contribution in [0.25, 0.3) is 11.0 Å². The van der Waals surface area contributed by atoms with Gasteiger partial charge in [-0.3, -0.25) is 4.98 Å². The van der Waals surface area contributed by atoms with Crippen molar-refractivity contribution in [2.24, 2.45) is 12.2 Å². The maximum atomic E-state index is 8.65. The highest BCUT2D eigenvalue weighted by molar-refractivity contribution is 5.81. The Kier molecular flexibility index (Phi) is 4.87. The van der Waals surface area contributed by atoms with Crippen LogP contribution in [0.5, 0.6) is 11.5 Å². The first-order chi connectivity index (χ1) is 14.0. The summed E-state index contributed by atoms with van der Waals surface area (Å²) in [6.45, 7) is 4.19. The van der Waals surface area contributed by atoms with Crippen LogP contribution in [0.15, 0.2) is 59.9 Å². The van der Waals surface area contributed by atoms with E-state index in [-0.39, 0.29) is 0 Å². The molecule has 146 valence electrons. The summed E-state index contributed by atoms with van der Waals surface area (Å²) >= 11 is 0. The normalized spacial score (nSPS) is 11.3. The van der Waals surface area contributed by atoms with Crippen LogP contribution in [-0.4, -0.2) is 26.0 Å². The van der Waals surface area contributed by atoms with E-state index in [9.17, 15) is 0 Å². The highest BCUT2D eigenvalue weighted by Crippen LogP contribution is 2.28. The molecule has 29 heavy (non-hydrogen) atoms. The zero-order valence-corrected chi connectivity index (χ0v) is 16.4. The first-order valence-corrected chi connectivity index (χ1v) is 9.15. The summed E-state index contributed by atoms with van der Waals surface area (Å²) in [7, 11) is 1.97. The number of ether oxygens (including phenoxy) is 1. The van der Waals surface area contributed by atoms with Gasteiger partial charge in [-0.1, -0.05) is 11.2 Å². The third-order valence-electron chi connectivity index (χ3n) is 4.79. The topological polar surface area (TPSA) is 84.6 Å². The highest BCUT2D eigenvalue weighted by Gasteiger charge is 2.10. The number of anilines is 2. The van der Waals surface area contributed by atoms with Gasteiger partial charge in [0.25, 0.3) is 0 Å². The van der Waals surface area contributed by atoms with E-state index in [4.69, 9.17) is 14.9 Å². The minimum Gasteiger partial charge on any atom is -0.457 e. The minimum atomic E-state index is 0.504. The van der Waals surface area contributed by atoms with Crippen LogP contribution < -0.4 is 10.1 Å². The van der Waals surface area contributed by atoms with Crippen LogP contribution in [-0.2, 0) is 7.05 Å². The number of hydrogen-bond donors (Lipinski definition) is 2. The van der Waals surface area contributed by atoms with E-state index in [2.05, 4.69) is 41.4 Å². The van der Waals surface area contributed by atoms with Crippen molar-refractivity contribution in [2.45, 2.75) is 13.8 Å². The quantitative estimate of drug-likeness (QED) is 0.288. The molecule has 0 saturated carbocycles. The Balaban J connectivity index is 1.61. The monoisotopic (exact) mass is 387 g/mol. The van der Waals surface area contributed by atoms with Gasteiger partial charge in [0.1, 0.15) is 11.5 Å². The molecule has 0 fully saturated rings. The zero-order valence-electron chi connectivity index (χ0n) is 16.4. The molecule has 4 aromatic rings. The molecule has 2 aromatic carbocycles. The Hall–Kier alpha value is -3.87. The Morgan fingerprint density at radius 1 is 1.03 bits per heavy atom. The minimum absolute atomic E-state index is 0.504. The summed E-state index contributed by atoms with van der Waals surface area (Å²) in [5.41, 5.74) is 5.80. The van der Waals surface area contributed by atoms with Gasteiger partial charge in [0, 0.05) is 31.1 Å². The van der Waals surface area contributed by atoms with Gasteiger partial charge in [0.15, 0.2) is 0 Å². The van der Waals surface area contributed by atoms with Gasteiger partial charge >= 0.3 is 0 Å². The lowest BCUT2D eigenvalue weighted by molar-refractivity contribution is 0.321. The third kappa shape index (κ3) is 3.89. The van der Waals surface area contributed by atoms with Gasteiger partial charge in [-0.2, -0.15) is 0 Å². The lowest BCUT2D eigenvalue weighted by Gasteiger charge is -2.08. The fourth-order valence-corrected chi connectivity index (χ4v) is 3.06. The van der Waals surface area contributed by atoms with Crippen molar-refractivity contribution >= 4 is 28.9 Å². The predicted octanol–water partition coefficient (Wildman–Crippen LogP) is 4.93. The average molecular weight is 387 g/mol. The van der Waals surface area contributed by atoms with Crippen LogP contribution in [0.4, 0.5) is 11.6 Å². The molecule has 0 aliphatic heterocycles. The second kappa shape index (κ2) is 7.63. The molecule has 4 rings (SSSR count). The van der Waals surface area contributed by atoms with Crippen LogP contribution in [0.2, 0.25) is 0 Å². The van der Waals surface area contributed by atoms with Crippen LogP contribution >= 0.6 is 0 Å². The standard InChI is InChI=1S/C22H21N5O2/c1-14-4-5-16(10-15(14)2)25-22-26-20-12-18(6-7-21(20)27(22)3)29-19-8-9-23-17(11-19)13-24-28/h4-13,28H,1-3H3,(H,25,26)/b24-13+. The lowest BCUT2D eigenvalue weighted by Crippen LogP contribution is -1.99. The number of fused-ring (bicyclic) bond motifs is 1. The van der Waals surface area contributed by atoms with Crippen LogP contribution in [0, 0.1) is 13.8 Å². The molecule has 7 heteroatoms. The van der Waals surface area contributed by atoms with Crippen molar-refractivity contribution in [3.63, 3.8) is 0 Å². The first-order valence-electron chi connectivity index (χ1n) is 9.15. The van der Waals surface area contributed by atoms with Gasteiger partial charge in [-0.05, 0) is 55.3 Å². The van der Waals surface area contributed by atoms with E-state index in [0.717, 1.165) is 22.7 Å². The number of imidazole rings is 1. The third-order valence-corrected chi connectivity index (χ3v) is 4.79. The van der Waals surface area contributed by atoms with Crippen molar-refractivity contribution < 1.29 is 9.94 Å². The number of aryl methyl sites for hydroxylation is 3. The van der Waals surface area contributed by atoms with Crippen LogP contribution in [0.1, 0.15) is 16.8 Å². The van der Waals surface area contributed by atoms with E-state index < -0.39 is 0 Å². The summed E-state index contributed by atoms with van der Waals surface area (Å²) in [5.74, 6) is 2.01. The van der Waals surface area contributed by atoms with Crippen molar-refractivity contribution in [2.75, 3.05) is 5.32 Å². The largest absolute Gasteiger partial charge is 0.457 e. The van der Waals surface area contributed by atoms with E-state index in [1.54, 1.807) is 18.3 Å². The summed E-state index contributed by atoms with van der Waals surface area (Å²) in [6.07, 6.45) is 2.84. The Morgan fingerprint density at radius 3 is 2.66 bits per heavy atom. The van der Waals surface area contributed by atoms with E-state index in [1.807, 2.05) is 35.9 Å². The molecule has 0 amide bonds. The maximum Gasteiger partial charge on any atom is 0.208 e. The number of benzene rings is 2.